The van der Waals surface area contributed by atoms with E-state index < -0.39 is 0 Å². The molecule has 0 saturated heterocycles. The molecule has 0 aliphatic rings. The van der Waals surface area contributed by atoms with E-state index in [4.69, 9.17) is 0 Å². The maximum Gasteiger partial charge on any atom is 0 e. The molecule has 0 aliphatic carbocycles. The van der Waals surface area contributed by atoms with Crippen LogP contribution in [0.1, 0.15) is 25.0 Å². The molecule has 84 valence electrons. The summed E-state index contributed by atoms with van der Waals surface area (Å²) in [6.45, 7) is 4.32. The van der Waals surface area contributed by atoms with E-state index in [0.717, 1.165) is 12.8 Å². The van der Waals surface area contributed by atoms with Crippen molar-refractivity contribution in [2.45, 2.75) is 26.7 Å². The molecular weight excluding hydrogens is 224 g/mol. The molecule has 0 unspecified atom stereocenters. The fraction of sp³-hybridized carbons (Fsp3) is 0.286. The molecule has 0 fully saturated rings. The molecule has 1 heteroatoms. The van der Waals surface area contributed by atoms with Gasteiger partial charge in [-0.15, -0.1) is 0 Å². The van der Waals surface area contributed by atoms with Crippen molar-refractivity contribution in [2.75, 3.05) is 0 Å². The fourth-order valence-corrected chi connectivity index (χ4v) is 1.30. The SMILES string of the molecule is CC[c-]1cccc1.CC[c-]1cccc1.[Fe]. The van der Waals surface area contributed by atoms with E-state index in [-0.39, 0.29) is 17.1 Å². The van der Waals surface area contributed by atoms with E-state index in [2.05, 4.69) is 62.4 Å². The number of aryl methyl sites for hydroxylation is 2. The van der Waals surface area contributed by atoms with Crippen LogP contribution in [0.5, 0.6) is 0 Å². The topological polar surface area (TPSA) is 0 Å². The molecule has 2 aromatic rings. The van der Waals surface area contributed by atoms with Gasteiger partial charge in [0.1, 0.15) is 0 Å². The maximum absolute atomic E-state index is 2.16. The molecule has 0 aromatic heterocycles. The molecule has 15 heavy (non-hydrogen) atoms. The normalized spacial score (nSPS) is 8.67. The molecule has 0 radical (unpaired) electrons. The average Bonchev–Trinajstić information content (AvgIpc) is 2.92. The molecule has 2 rings (SSSR count). The molecule has 0 atom stereocenters. The minimum absolute atomic E-state index is 0. The average molecular weight is 242 g/mol. The predicted molar refractivity (Wildman–Crippen MR) is 62.8 cm³/mol. The van der Waals surface area contributed by atoms with Crippen molar-refractivity contribution < 1.29 is 17.1 Å². The Balaban J connectivity index is 0.000000245. The summed E-state index contributed by atoms with van der Waals surface area (Å²) in [5.41, 5.74) is 2.86. The molecule has 0 amide bonds. The van der Waals surface area contributed by atoms with Crippen LogP contribution < -0.4 is 0 Å². The van der Waals surface area contributed by atoms with Gasteiger partial charge in [-0.1, -0.05) is 26.7 Å². The molecular formula is C14H18Fe-2. The zero-order valence-electron chi connectivity index (χ0n) is 9.39. The van der Waals surface area contributed by atoms with Crippen molar-refractivity contribution >= 4 is 0 Å². The Bertz CT molecular complexity index is 269. The Morgan fingerprint density at radius 2 is 0.933 bits per heavy atom. The largest absolute Gasteiger partial charge is 0.213 e. The summed E-state index contributed by atoms with van der Waals surface area (Å²) in [5.74, 6) is 0. The Morgan fingerprint density at radius 3 is 1.07 bits per heavy atom. The quantitative estimate of drug-likeness (QED) is 0.552. The van der Waals surface area contributed by atoms with Crippen molar-refractivity contribution in [3.8, 4) is 0 Å². The molecule has 0 N–H and O–H groups in total. The summed E-state index contributed by atoms with van der Waals surface area (Å²) in [6.07, 6.45) is 2.32. The smallest absolute Gasteiger partial charge is 0 e. The molecule has 0 saturated carbocycles. The third kappa shape index (κ3) is 5.61. The first-order valence-electron chi connectivity index (χ1n) is 5.28. The van der Waals surface area contributed by atoms with Crippen LogP contribution in [0.2, 0.25) is 0 Å². The zero-order chi connectivity index (χ0) is 10.2. The van der Waals surface area contributed by atoms with Crippen molar-refractivity contribution in [2.24, 2.45) is 0 Å². The molecule has 0 nitrogen and oxygen atoms in total. The van der Waals surface area contributed by atoms with Crippen LogP contribution in [0.3, 0.4) is 0 Å². The van der Waals surface area contributed by atoms with Crippen LogP contribution in [0, 0.1) is 0 Å². The van der Waals surface area contributed by atoms with Gasteiger partial charge >= 0.3 is 0 Å². The van der Waals surface area contributed by atoms with Gasteiger partial charge in [0.25, 0.3) is 0 Å². The molecule has 0 heterocycles. The maximum atomic E-state index is 2.16. The minimum atomic E-state index is 0. The summed E-state index contributed by atoms with van der Waals surface area (Å²) >= 11 is 0. The van der Waals surface area contributed by atoms with Crippen LogP contribution in [0.15, 0.2) is 48.5 Å². The van der Waals surface area contributed by atoms with Gasteiger partial charge in [-0.25, -0.2) is 24.3 Å². The Labute approximate surface area is 104 Å². The molecule has 0 bridgehead atoms. The van der Waals surface area contributed by atoms with Crippen LogP contribution in [0.25, 0.3) is 0 Å². The van der Waals surface area contributed by atoms with E-state index >= 15 is 0 Å². The van der Waals surface area contributed by atoms with E-state index in [9.17, 15) is 0 Å². The van der Waals surface area contributed by atoms with Crippen LogP contribution in [0.4, 0.5) is 0 Å². The van der Waals surface area contributed by atoms with Crippen molar-refractivity contribution in [1.82, 2.24) is 0 Å². The third-order valence-electron chi connectivity index (χ3n) is 2.28. The summed E-state index contributed by atoms with van der Waals surface area (Å²) in [6, 6.07) is 16.8. The van der Waals surface area contributed by atoms with E-state index in [1.165, 1.54) is 11.1 Å². The van der Waals surface area contributed by atoms with Crippen LogP contribution in [-0.2, 0) is 29.9 Å². The van der Waals surface area contributed by atoms with Gasteiger partial charge in [-0.2, -0.15) is 35.4 Å². The van der Waals surface area contributed by atoms with Crippen LogP contribution in [-0.4, -0.2) is 0 Å². The summed E-state index contributed by atoms with van der Waals surface area (Å²) < 4.78 is 0. The van der Waals surface area contributed by atoms with Gasteiger partial charge in [0.2, 0.25) is 0 Å². The second kappa shape index (κ2) is 8.52. The number of rotatable bonds is 2. The standard InChI is InChI=1S/2C7H9.Fe/c2*1-2-7-5-3-4-6-7;/h2*3-6H,2H2,1H3;/q2*-1;. The monoisotopic (exact) mass is 242 g/mol. The Hall–Kier alpha value is -0.781. The van der Waals surface area contributed by atoms with E-state index in [1.54, 1.807) is 0 Å². The van der Waals surface area contributed by atoms with Crippen LogP contribution >= 0.6 is 0 Å². The van der Waals surface area contributed by atoms with Crippen molar-refractivity contribution in [3.63, 3.8) is 0 Å². The van der Waals surface area contributed by atoms with Gasteiger partial charge in [0.15, 0.2) is 0 Å². The fourth-order valence-electron chi connectivity index (χ4n) is 1.30. The molecule has 0 spiro atoms. The van der Waals surface area contributed by atoms with Gasteiger partial charge in [0, 0.05) is 17.1 Å². The summed E-state index contributed by atoms with van der Waals surface area (Å²) in [4.78, 5) is 0. The minimum Gasteiger partial charge on any atom is -0.213 e. The Morgan fingerprint density at radius 1 is 0.667 bits per heavy atom. The third-order valence-corrected chi connectivity index (χ3v) is 2.28. The van der Waals surface area contributed by atoms with Gasteiger partial charge < -0.3 is 0 Å². The van der Waals surface area contributed by atoms with Gasteiger partial charge in [-0.05, 0) is 0 Å². The molecule has 2 aromatic carbocycles. The predicted octanol–water partition coefficient (Wildman–Crippen LogP) is 3.93. The Kier molecular flexibility index (Phi) is 8.08. The number of hydrogen-bond donors (Lipinski definition) is 0. The second-order valence-corrected chi connectivity index (χ2v) is 3.29. The first-order chi connectivity index (χ1) is 6.86. The van der Waals surface area contributed by atoms with E-state index in [1.807, 2.05) is 0 Å². The zero-order valence-corrected chi connectivity index (χ0v) is 10.5. The first-order valence-corrected chi connectivity index (χ1v) is 5.28. The van der Waals surface area contributed by atoms with Gasteiger partial charge in [0.05, 0.1) is 0 Å². The van der Waals surface area contributed by atoms with Gasteiger partial charge in [-0.3, -0.25) is 0 Å². The molecule has 0 aliphatic heterocycles. The number of hydrogen-bond acceptors (Lipinski definition) is 0. The van der Waals surface area contributed by atoms with E-state index in [0.29, 0.717) is 0 Å². The second-order valence-electron chi connectivity index (χ2n) is 3.29. The van der Waals surface area contributed by atoms with Crippen molar-refractivity contribution in [3.05, 3.63) is 59.7 Å². The van der Waals surface area contributed by atoms with Crippen molar-refractivity contribution in [1.29, 1.82) is 0 Å². The first kappa shape index (κ1) is 14.2. The summed E-state index contributed by atoms with van der Waals surface area (Å²) in [5, 5.41) is 0. The summed E-state index contributed by atoms with van der Waals surface area (Å²) in [7, 11) is 0.